The molecule has 36 heavy (non-hydrogen) atoms. The van der Waals surface area contributed by atoms with Crippen molar-refractivity contribution in [3.8, 4) is 11.5 Å². The molecule has 1 aliphatic heterocycles. The highest BCUT2D eigenvalue weighted by Gasteiger charge is 2.24. The molecule has 4 aromatic rings. The van der Waals surface area contributed by atoms with Crippen molar-refractivity contribution >= 4 is 23.5 Å². The molecule has 182 valence electrons. The van der Waals surface area contributed by atoms with E-state index in [-0.39, 0.29) is 31.4 Å². The molecule has 2 aromatic carbocycles. The first-order valence-corrected chi connectivity index (χ1v) is 11.1. The maximum absolute atomic E-state index is 13.4. The molecular formula is C26H22N4O6. The summed E-state index contributed by atoms with van der Waals surface area (Å²) >= 11 is 0. The number of aromatic nitrogens is 2. The van der Waals surface area contributed by atoms with Crippen LogP contribution in [0.4, 0.5) is 11.5 Å². The van der Waals surface area contributed by atoms with Crippen LogP contribution in [0.2, 0.25) is 0 Å². The maximum Gasteiger partial charge on any atom is 0.330 e. The van der Waals surface area contributed by atoms with Crippen LogP contribution in [0.1, 0.15) is 16.9 Å². The Kier molecular flexibility index (Phi) is 6.14. The third kappa shape index (κ3) is 4.64. The predicted octanol–water partition coefficient (Wildman–Crippen LogP) is 2.74. The Hall–Kier alpha value is -4.99. The van der Waals surface area contributed by atoms with E-state index in [0.29, 0.717) is 22.8 Å². The second-order valence-corrected chi connectivity index (χ2v) is 8.01. The van der Waals surface area contributed by atoms with Crippen LogP contribution < -0.4 is 31.4 Å². The van der Waals surface area contributed by atoms with Crippen molar-refractivity contribution < 1.29 is 18.7 Å². The summed E-state index contributed by atoms with van der Waals surface area (Å²) in [6.07, 6.45) is 4.36. The zero-order chi connectivity index (χ0) is 25.1. The molecule has 1 aliphatic rings. The van der Waals surface area contributed by atoms with Crippen LogP contribution in [-0.2, 0) is 17.9 Å². The lowest BCUT2D eigenvalue weighted by molar-refractivity contribution is -0.114. The number of amides is 1. The first-order chi connectivity index (χ1) is 17.5. The minimum Gasteiger partial charge on any atom is -0.467 e. The summed E-state index contributed by atoms with van der Waals surface area (Å²) in [5, 5.41) is 0. The Morgan fingerprint density at radius 2 is 1.86 bits per heavy atom. The highest BCUT2D eigenvalue weighted by atomic mass is 16.7. The highest BCUT2D eigenvalue weighted by molar-refractivity contribution is 6.05. The Morgan fingerprint density at radius 1 is 1.06 bits per heavy atom. The lowest BCUT2D eigenvalue weighted by atomic mass is 10.2. The number of furan rings is 1. The first kappa shape index (κ1) is 22.8. The summed E-state index contributed by atoms with van der Waals surface area (Å²) < 4.78 is 17.3. The average molecular weight is 486 g/mol. The van der Waals surface area contributed by atoms with E-state index in [2.05, 4.69) is 4.98 Å². The number of carbonyl (C=O) groups is 1. The van der Waals surface area contributed by atoms with Gasteiger partial charge in [0.05, 0.1) is 19.4 Å². The van der Waals surface area contributed by atoms with Gasteiger partial charge in [-0.15, -0.1) is 0 Å². The van der Waals surface area contributed by atoms with Crippen LogP contribution in [0.5, 0.6) is 11.5 Å². The number of nitrogens with two attached hydrogens (primary N) is 1. The van der Waals surface area contributed by atoms with Crippen LogP contribution in [0.3, 0.4) is 0 Å². The first-order valence-electron chi connectivity index (χ1n) is 11.1. The zero-order valence-electron chi connectivity index (χ0n) is 19.0. The van der Waals surface area contributed by atoms with Crippen molar-refractivity contribution in [1.82, 2.24) is 9.55 Å². The third-order valence-electron chi connectivity index (χ3n) is 5.64. The fourth-order valence-electron chi connectivity index (χ4n) is 3.86. The van der Waals surface area contributed by atoms with E-state index in [9.17, 15) is 14.4 Å². The number of anilines is 2. The Labute approximate surface area is 204 Å². The zero-order valence-corrected chi connectivity index (χ0v) is 19.0. The molecule has 0 unspecified atom stereocenters. The van der Waals surface area contributed by atoms with Gasteiger partial charge in [0.25, 0.3) is 11.5 Å². The fourth-order valence-corrected chi connectivity index (χ4v) is 3.86. The summed E-state index contributed by atoms with van der Waals surface area (Å²) in [7, 11) is 0. The third-order valence-corrected chi connectivity index (χ3v) is 5.64. The number of rotatable bonds is 7. The predicted molar refractivity (Wildman–Crippen MR) is 133 cm³/mol. The molecule has 0 spiro atoms. The number of nitrogens with one attached hydrogen (secondary N) is 1. The van der Waals surface area contributed by atoms with Gasteiger partial charge in [-0.3, -0.25) is 24.0 Å². The molecule has 0 atom stereocenters. The minimum absolute atomic E-state index is 0.0753. The SMILES string of the molecule is Nc1c(N(Cc2ccco2)C(=O)C=Cc2ccc3c(c2)OCO3)c(=O)[nH]c(=O)n1Cc1ccccc1. The van der Waals surface area contributed by atoms with Crippen LogP contribution >= 0.6 is 0 Å². The number of nitrogen functional groups attached to an aromatic ring is 1. The number of aromatic amines is 1. The number of ether oxygens (including phenoxy) is 2. The molecule has 3 N–H and O–H groups in total. The van der Waals surface area contributed by atoms with Crippen LogP contribution in [-0.4, -0.2) is 22.3 Å². The normalized spacial score (nSPS) is 12.2. The van der Waals surface area contributed by atoms with Crippen LogP contribution in [0.25, 0.3) is 6.08 Å². The van der Waals surface area contributed by atoms with E-state index in [0.717, 1.165) is 5.56 Å². The van der Waals surface area contributed by atoms with Crippen molar-refractivity contribution in [2.75, 3.05) is 17.4 Å². The van der Waals surface area contributed by atoms with Crippen molar-refractivity contribution in [2.24, 2.45) is 0 Å². The number of benzene rings is 2. The van der Waals surface area contributed by atoms with Gasteiger partial charge in [-0.1, -0.05) is 36.4 Å². The van der Waals surface area contributed by atoms with Crippen molar-refractivity contribution in [2.45, 2.75) is 13.1 Å². The smallest absolute Gasteiger partial charge is 0.330 e. The lowest BCUT2D eigenvalue weighted by Crippen LogP contribution is -2.40. The van der Waals surface area contributed by atoms with Gasteiger partial charge in [0.15, 0.2) is 17.2 Å². The molecule has 0 radical (unpaired) electrons. The molecule has 5 rings (SSSR count). The largest absolute Gasteiger partial charge is 0.467 e. The van der Waals surface area contributed by atoms with Crippen molar-refractivity contribution in [3.63, 3.8) is 0 Å². The van der Waals surface area contributed by atoms with Gasteiger partial charge in [0, 0.05) is 6.08 Å². The Morgan fingerprint density at radius 3 is 2.64 bits per heavy atom. The van der Waals surface area contributed by atoms with Crippen molar-refractivity contribution in [3.05, 3.63) is 111 Å². The molecule has 0 bridgehead atoms. The van der Waals surface area contributed by atoms with Gasteiger partial charge in [-0.05, 0) is 41.5 Å². The molecule has 0 saturated carbocycles. The highest BCUT2D eigenvalue weighted by Crippen LogP contribution is 2.33. The molecule has 0 aliphatic carbocycles. The summed E-state index contributed by atoms with van der Waals surface area (Å²) in [6, 6.07) is 17.8. The second-order valence-electron chi connectivity index (χ2n) is 8.01. The number of hydrogen-bond donors (Lipinski definition) is 2. The number of carbonyl (C=O) groups excluding carboxylic acids is 1. The van der Waals surface area contributed by atoms with Crippen LogP contribution in [0.15, 0.2) is 87.0 Å². The molecule has 0 fully saturated rings. The topological polar surface area (TPSA) is 133 Å². The molecule has 0 saturated heterocycles. The van der Waals surface area contributed by atoms with Gasteiger partial charge in [-0.25, -0.2) is 4.79 Å². The molecule has 10 heteroatoms. The molecule has 1 amide bonds. The second kappa shape index (κ2) is 9.71. The molecule has 3 heterocycles. The maximum atomic E-state index is 13.4. The fraction of sp³-hybridized carbons (Fsp3) is 0.115. The van der Waals surface area contributed by atoms with Gasteiger partial charge in [0.2, 0.25) is 6.79 Å². The van der Waals surface area contributed by atoms with Crippen LogP contribution in [0, 0.1) is 0 Å². The van der Waals surface area contributed by atoms with E-state index < -0.39 is 17.2 Å². The number of hydrogen-bond acceptors (Lipinski definition) is 7. The minimum atomic E-state index is -0.779. The summed E-state index contributed by atoms with van der Waals surface area (Å²) in [5.41, 5.74) is 6.23. The lowest BCUT2D eigenvalue weighted by Gasteiger charge is -2.22. The number of H-pyrrole nitrogens is 1. The Bertz CT molecular complexity index is 1540. The molecular weight excluding hydrogens is 464 g/mol. The molecule has 2 aromatic heterocycles. The number of nitrogens with zero attached hydrogens (tertiary/aromatic N) is 2. The Balaban J connectivity index is 1.52. The van der Waals surface area contributed by atoms with E-state index in [1.807, 2.05) is 30.3 Å². The van der Waals surface area contributed by atoms with Gasteiger partial charge in [-0.2, -0.15) is 0 Å². The standard InChI is InChI=1S/C26H22N4O6/c27-24-23(25(32)28-26(33)30(24)14-18-5-2-1-3-6-18)29(15-19-7-4-12-34-19)22(31)11-9-17-8-10-20-21(13-17)36-16-35-20/h1-13H,14-16,27H2,(H,28,32,33). The van der Waals surface area contributed by atoms with Gasteiger partial charge in [0.1, 0.15) is 11.6 Å². The number of fused-ring (bicyclic) bond motifs is 1. The van der Waals surface area contributed by atoms with Gasteiger partial charge < -0.3 is 19.6 Å². The average Bonchev–Trinajstić information content (AvgIpc) is 3.57. The van der Waals surface area contributed by atoms with E-state index in [1.165, 1.54) is 21.8 Å². The quantitative estimate of drug-likeness (QED) is 0.384. The van der Waals surface area contributed by atoms with E-state index in [4.69, 9.17) is 19.6 Å². The van der Waals surface area contributed by atoms with Gasteiger partial charge >= 0.3 is 5.69 Å². The van der Waals surface area contributed by atoms with E-state index in [1.54, 1.807) is 36.4 Å². The summed E-state index contributed by atoms with van der Waals surface area (Å²) in [4.78, 5) is 42.4. The van der Waals surface area contributed by atoms with Crippen molar-refractivity contribution in [1.29, 1.82) is 0 Å². The molecule has 10 nitrogen and oxygen atoms in total. The summed E-state index contributed by atoms with van der Waals surface area (Å²) in [6.45, 7) is 0.179. The van der Waals surface area contributed by atoms with E-state index >= 15 is 0 Å². The summed E-state index contributed by atoms with van der Waals surface area (Å²) in [5.74, 6) is 0.957. The monoisotopic (exact) mass is 486 g/mol.